The van der Waals surface area contributed by atoms with Gasteiger partial charge in [0, 0.05) is 12.6 Å². The van der Waals surface area contributed by atoms with Gasteiger partial charge in [0.2, 0.25) is 0 Å². The fraction of sp³-hybridized carbons (Fsp3) is 0.133. The molecule has 0 radical (unpaired) electrons. The molecular formula is C15H12F2N2O. The fourth-order valence-corrected chi connectivity index (χ4v) is 1.69. The molecule has 0 fully saturated rings. The van der Waals surface area contributed by atoms with Crippen LogP contribution in [-0.2, 0) is 6.54 Å². The second-order valence-electron chi connectivity index (χ2n) is 4.07. The van der Waals surface area contributed by atoms with Crippen LogP contribution in [-0.4, -0.2) is 6.61 Å². The molecule has 1 N–H and O–H groups in total. The first-order chi connectivity index (χ1) is 9.69. The van der Waals surface area contributed by atoms with Gasteiger partial charge in [-0.25, -0.2) is 8.78 Å². The first-order valence-corrected chi connectivity index (χ1v) is 5.96. The van der Waals surface area contributed by atoms with Crippen LogP contribution in [0.5, 0.6) is 5.75 Å². The van der Waals surface area contributed by atoms with Gasteiger partial charge in [0.15, 0.2) is 6.61 Å². The minimum absolute atomic E-state index is 0.0243. The second-order valence-corrected chi connectivity index (χ2v) is 4.07. The highest BCUT2D eigenvalue weighted by atomic mass is 19.1. The molecule has 0 heterocycles. The summed E-state index contributed by atoms with van der Waals surface area (Å²) in [5.74, 6) is -0.674. The molecule has 2 aromatic carbocycles. The second kappa shape index (κ2) is 6.53. The molecule has 0 spiro atoms. The van der Waals surface area contributed by atoms with E-state index in [9.17, 15) is 8.78 Å². The Morgan fingerprint density at radius 3 is 2.75 bits per heavy atom. The highest BCUT2D eigenvalue weighted by molar-refractivity contribution is 5.45. The van der Waals surface area contributed by atoms with E-state index in [2.05, 4.69) is 5.32 Å². The number of hydrogen-bond acceptors (Lipinski definition) is 3. The van der Waals surface area contributed by atoms with Gasteiger partial charge in [-0.05, 0) is 29.8 Å². The van der Waals surface area contributed by atoms with E-state index < -0.39 is 11.6 Å². The number of anilines is 1. The molecular weight excluding hydrogens is 262 g/mol. The van der Waals surface area contributed by atoms with Gasteiger partial charge >= 0.3 is 0 Å². The van der Waals surface area contributed by atoms with Crippen LogP contribution in [0.15, 0.2) is 42.5 Å². The number of rotatable bonds is 5. The quantitative estimate of drug-likeness (QED) is 0.907. The zero-order valence-electron chi connectivity index (χ0n) is 10.6. The van der Waals surface area contributed by atoms with Gasteiger partial charge in [0.05, 0.1) is 5.69 Å². The molecule has 0 aliphatic heterocycles. The van der Waals surface area contributed by atoms with Crippen molar-refractivity contribution in [3.8, 4) is 11.8 Å². The average molecular weight is 274 g/mol. The van der Waals surface area contributed by atoms with Gasteiger partial charge in [-0.3, -0.25) is 0 Å². The first-order valence-electron chi connectivity index (χ1n) is 5.96. The van der Waals surface area contributed by atoms with Crippen LogP contribution in [0.3, 0.4) is 0 Å². The summed E-state index contributed by atoms with van der Waals surface area (Å²) in [6, 6.07) is 12.4. The highest BCUT2D eigenvalue weighted by Crippen LogP contribution is 2.18. The van der Waals surface area contributed by atoms with Crippen LogP contribution in [0.25, 0.3) is 0 Å². The molecule has 5 heteroatoms. The van der Waals surface area contributed by atoms with Crippen molar-refractivity contribution in [1.29, 1.82) is 5.26 Å². The zero-order valence-corrected chi connectivity index (χ0v) is 10.6. The van der Waals surface area contributed by atoms with Crippen molar-refractivity contribution in [2.75, 3.05) is 11.9 Å². The largest absolute Gasteiger partial charge is 0.479 e. The molecule has 102 valence electrons. The lowest BCUT2D eigenvalue weighted by molar-refractivity contribution is 0.368. The predicted molar refractivity (Wildman–Crippen MR) is 71.2 cm³/mol. The lowest BCUT2D eigenvalue weighted by Crippen LogP contribution is -2.02. The predicted octanol–water partition coefficient (Wildman–Crippen LogP) is 3.48. The number of hydrogen-bond donors (Lipinski definition) is 1. The van der Waals surface area contributed by atoms with E-state index >= 15 is 0 Å². The highest BCUT2D eigenvalue weighted by Gasteiger charge is 2.03. The van der Waals surface area contributed by atoms with Gasteiger partial charge in [-0.15, -0.1) is 0 Å². The van der Waals surface area contributed by atoms with E-state index in [-0.39, 0.29) is 12.3 Å². The Bertz CT molecular complexity index is 638. The monoisotopic (exact) mass is 274 g/mol. The standard InChI is InChI=1S/C15H12F2N2O/c16-12-4-5-15(14(17)9-12)19-10-11-2-1-3-13(8-11)20-7-6-18/h1-5,8-9,19H,7,10H2. The van der Waals surface area contributed by atoms with E-state index in [0.717, 1.165) is 11.6 Å². The summed E-state index contributed by atoms with van der Waals surface area (Å²) in [5.41, 5.74) is 1.10. The Kier molecular flexibility index (Phi) is 4.51. The summed E-state index contributed by atoms with van der Waals surface area (Å²) in [4.78, 5) is 0. The summed E-state index contributed by atoms with van der Waals surface area (Å²) < 4.78 is 31.4. The van der Waals surface area contributed by atoms with Crippen LogP contribution >= 0.6 is 0 Å². The van der Waals surface area contributed by atoms with Crippen LogP contribution < -0.4 is 10.1 Å². The van der Waals surface area contributed by atoms with Gasteiger partial charge < -0.3 is 10.1 Å². The summed E-state index contributed by atoms with van der Waals surface area (Å²) in [7, 11) is 0. The summed E-state index contributed by atoms with van der Waals surface area (Å²) in [5, 5.41) is 11.3. The van der Waals surface area contributed by atoms with Gasteiger partial charge in [0.1, 0.15) is 23.5 Å². The third-order valence-corrected chi connectivity index (χ3v) is 2.62. The summed E-state index contributed by atoms with van der Waals surface area (Å²) in [6.45, 7) is 0.343. The van der Waals surface area contributed by atoms with Crippen molar-refractivity contribution < 1.29 is 13.5 Å². The van der Waals surface area contributed by atoms with Crippen LogP contribution in [0.4, 0.5) is 14.5 Å². The van der Waals surface area contributed by atoms with Crippen molar-refractivity contribution in [2.24, 2.45) is 0 Å². The number of halogens is 2. The van der Waals surface area contributed by atoms with Crippen LogP contribution in [0, 0.1) is 23.0 Å². The molecule has 0 saturated heterocycles. The van der Waals surface area contributed by atoms with E-state index in [1.54, 1.807) is 18.2 Å². The number of nitrogens with zero attached hydrogens (tertiary/aromatic N) is 1. The third kappa shape index (κ3) is 3.69. The lowest BCUT2D eigenvalue weighted by atomic mass is 10.2. The SMILES string of the molecule is N#CCOc1cccc(CNc2ccc(F)cc2F)c1. The number of ether oxygens (including phenoxy) is 1. The molecule has 0 aliphatic carbocycles. The molecule has 3 nitrogen and oxygen atoms in total. The maximum absolute atomic E-state index is 13.4. The first kappa shape index (κ1) is 13.8. The van der Waals surface area contributed by atoms with Crippen LogP contribution in [0.2, 0.25) is 0 Å². The Morgan fingerprint density at radius 2 is 2.00 bits per heavy atom. The molecule has 2 aromatic rings. The van der Waals surface area contributed by atoms with Crippen molar-refractivity contribution in [3.63, 3.8) is 0 Å². The molecule has 0 atom stereocenters. The minimum Gasteiger partial charge on any atom is -0.479 e. The van der Waals surface area contributed by atoms with Crippen molar-refractivity contribution in [1.82, 2.24) is 0 Å². The maximum Gasteiger partial charge on any atom is 0.174 e. The Hall–Kier alpha value is -2.61. The van der Waals surface area contributed by atoms with E-state index in [0.29, 0.717) is 12.3 Å². The zero-order chi connectivity index (χ0) is 14.4. The number of nitrogens with one attached hydrogen (secondary N) is 1. The van der Waals surface area contributed by atoms with Gasteiger partial charge in [-0.2, -0.15) is 5.26 Å². The topological polar surface area (TPSA) is 45.0 Å². The Labute approximate surface area is 115 Å². The molecule has 0 bridgehead atoms. The molecule has 0 amide bonds. The van der Waals surface area contributed by atoms with Crippen molar-refractivity contribution in [2.45, 2.75) is 6.54 Å². The summed E-state index contributed by atoms with van der Waals surface area (Å²) in [6.07, 6.45) is 0. The average Bonchev–Trinajstić information content (AvgIpc) is 2.45. The van der Waals surface area contributed by atoms with Crippen LogP contribution in [0.1, 0.15) is 5.56 Å². The smallest absolute Gasteiger partial charge is 0.174 e. The Balaban J connectivity index is 2.01. The number of nitriles is 1. The Morgan fingerprint density at radius 1 is 1.15 bits per heavy atom. The van der Waals surface area contributed by atoms with Crippen molar-refractivity contribution in [3.05, 3.63) is 59.7 Å². The molecule has 0 unspecified atom stereocenters. The molecule has 20 heavy (non-hydrogen) atoms. The van der Waals surface area contributed by atoms with E-state index in [1.807, 2.05) is 12.1 Å². The van der Waals surface area contributed by atoms with Gasteiger partial charge in [-0.1, -0.05) is 12.1 Å². The maximum atomic E-state index is 13.4. The third-order valence-electron chi connectivity index (χ3n) is 2.62. The minimum atomic E-state index is -0.637. The van der Waals surface area contributed by atoms with E-state index in [1.165, 1.54) is 12.1 Å². The fourth-order valence-electron chi connectivity index (χ4n) is 1.69. The number of benzene rings is 2. The molecule has 0 aliphatic rings. The van der Waals surface area contributed by atoms with Gasteiger partial charge in [0.25, 0.3) is 0 Å². The molecule has 2 rings (SSSR count). The van der Waals surface area contributed by atoms with Crippen molar-refractivity contribution >= 4 is 5.69 Å². The summed E-state index contributed by atoms with van der Waals surface area (Å²) >= 11 is 0. The molecule has 0 aromatic heterocycles. The molecule has 0 saturated carbocycles. The normalized spacial score (nSPS) is 9.85. The lowest BCUT2D eigenvalue weighted by Gasteiger charge is -2.09. The van der Waals surface area contributed by atoms with E-state index in [4.69, 9.17) is 10.00 Å².